The van der Waals surface area contributed by atoms with Crippen molar-refractivity contribution < 1.29 is 28.2 Å². The van der Waals surface area contributed by atoms with Crippen LogP contribution >= 0.6 is 0 Å². The number of carbonyl (C=O) groups excluding carboxylic acids is 2. The van der Waals surface area contributed by atoms with E-state index >= 15 is 0 Å². The third-order valence-corrected chi connectivity index (χ3v) is 5.44. The van der Waals surface area contributed by atoms with Gasteiger partial charge in [0.05, 0.1) is 12.1 Å². The molecule has 2 unspecified atom stereocenters. The standard InChI is InChI=1S/C23H35F2N3O4/c1-15(29)28-19(11-16-9-17(24)12-18(25)10-16)20(30)13-27-23(5-7-32-8-6-23)21(31)26-14-22(2,3)4/h9-10,12,19-20,27,30H,5-8,11,13-14H2,1-4H3,(H,26,31)(H,28,29). The summed E-state index contributed by atoms with van der Waals surface area (Å²) < 4.78 is 32.6. The van der Waals surface area contributed by atoms with Gasteiger partial charge in [-0.2, -0.15) is 0 Å². The third-order valence-electron chi connectivity index (χ3n) is 5.44. The number of aliphatic hydroxyl groups excluding tert-OH is 1. The molecule has 1 fully saturated rings. The lowest BCUT2D eigenvalue weighted by Crippen LogP contribution is -2.62. The van der Waals surface area contributed by atoms with Gasteiger partial charge in [0.2, 0.25) is 11.8 Å². The molecule has 0 radical (unpaired) electrons. The Balaban J connectivity index is 2.10. The van der Waals surface area contributed by atoms with E-state index in [-0.39, 0.29) is 30.2 Å². The molecule has 4 N–H and O–H groups in total. The molecule has 2 amide bonds. The van der Waals surface area contributed by atoms with Crippen molar-refractivity contribution in [3.63, 3.8) is 0 Å². The summed E-state index contributed by atoms with van der Waals surface area (Å²) in [6, 6.07) is 2.30. The highest BCUT2D eigenvalue weighted by molar-refractivity contribution is 5.86. The zero-order valence-electron chi connectivity index (χ0n) is 19.3. The minimum atomic E-state index is -1.10. The van der Waals surface area contributed by atoms with E-state index in [1.165, 1.54) is 6.92 Å². The highest BCUT2D eigenvalue weighted by atomic mass is 19.1. The summed E-state index contributed by atoms with van der Waals surface area (Å²) >= 11 is 0. The normalized spacial score (nSPS) is 18.0. The molecule has 0 bridgehead atoms. The van der Waals surface area contributed by atoms with Crippen LogP contribution in [0.1, 0.15) is 46.1 Å². The molecule has 0 aliphatic carbocycles. The van der Waals surface area contributed by atoms with E-state index < -0.39 is 29.3 Å². The van der Waals surface area contributed by atoms with Gasteiger partial charge in [-0.1, -0.05) is 20.8 Å². The molecular weight excluding hydrogens is 420 g/mol. The minimum absolute atomic E-state index is 0.00564. The number of carbonyl (C=O) groups is 2. The van der Waals surface area contributed by atoms with Crippen molar-refractivity contribution in [3.8, 4) is 0 Å². The lowest BCUT2D eigenvalue weighted by molar-refractivity contribution is -0.132. The zero-order valence-corrected chi connectivity index (χ0v) is 19.3. The van der Waals surface area contributed by atoms with Gasteiger partial charge in [0.15, 0.2) is 0 Å². The molecule has 1 saturated heterocycles. The molecule has 1 aromatic rings. The van der Waals surface area contributed by atoms with Crippen LogP contribution in [0.3, 0.4) is 0 Å². The van der Waals surface area contributed by atoms with Crippen LogP contribution in [0.25, 0.3) is 0 Å². The van der Waals surface area contributed by atoms with Crippen molar-refractivity contribution in [2.45, 2.75) is 64.6 Å². The third kappa shape index (κ3) is 8.11. The van der Waals surface area contributed by atoms with Crippen molar-refractivity contribution in [2.75, 3.05) is 26.3 Å². The maximum absolute atomic E-state index is 13.6. The Morgan fingerprint density at radius 1 is 1.16 bits per heavy atom. The fourth-order valence-electron chi connectivity index (χ4n) is 3.69. The van der Waals surface area contributed by atoms with Gasteiger partial charge in [0.1, 0.15) is 17.2 Å². The van der Waals surface area contributed by atoms with Crippen molar-refractivity contribution in [3.05, 3.63) is 35.4 Å². The first-order chi connectivity index (χ1) is 14.9. The highest BCUT2D eigenvalue weighted by Crippen LogP contribution is 2.22. The maximum atomic E-state index is 13.6. The molecule has 32 heavy (non-hydrogen) atoms. The quantitative estimate of drug-likeness (QED) is 0.454. The Hall–Kier alpha value is -2.10. The lowest BCUT2D eigenvalue weighted by Gasteiger charge is -2.38. The summed E-state index contributed by atoms with van der Waals surface area (Å²) in [7, 11) is 0. The number of hydrogen-bond acceptors (Lipinski definition) is 5. The van der Waals surface area contributed by atoms with Gasteiger partial charge in [-0.15, -0.1) is 0 Å². The second kappa shape index (κ2) is 11.2. The van der Waals surface area contributed by atoms with E-state index in [9.17, 15) is 23.5 Å². The minimum Gasteiger partial charge on any atom is -0.390 e. The van der Waals surface area contributed by atoms with Gasteiger partial charge in [0, 0.05) is 39.3 Å². The van der Waals surface area contributed by atoms with E-state index in [1.54, 1.807) is 0 Å². The molecule has 0 aromatic heterocycles. The second-order valence-electron chi connectivity index (χ2n) is 9.67. The van der Waals surface area contributed by atoms with Gasteiger partial charge >= 0.3 is 0 Å². The number of β-amino-alcohol motifs (C(OH)–C–C–N with tert-alkyl or cyclic N) is 1. The summed E-state index contributed by atoms with van der Waals surface area (Å²) in [6.07, 6.45) is -0.186. The van der Waals surface area contributed by atoms with Crippen molar-refractivity contribution in [2.24, 2.45) is 5.41 Å². The van der Waals surface area contributed by atoms with E-state index in [1.807, 2.05) is 20.8 Å². The van der Waals surface area contributed by atoms with Crippen LogP contribution in [0, 0.1) is 17.0 Å². The molecule has 0 spiro atoms. The van der Waals surface area contributed by atoms with Gasteiger partial charge in [-0.3, -0.25) is 9.59 Å². The van der Waals surface area contributed by atoms with Crippen LogP contribution in [-0.2, 0) is 20.7 Å². The SMILES string of the molecule is CC(=O)NC(Cc1cc(F)cc(F)c1)C(O)CNC1(C(=O)NCC(C)(C)C)CCOCC1. The van der Waals surface area contributed by atoms with Gasteiger partial charge in [0.25, 0.3) is 0 Å². The number of benzene rings is 1. The smallest absolute Gasteiger partial charge is 0.240 e. The number of rotatable bonds is 9. The fraction of sp³-hybridized carbons (Fsp3) is 0.652. The van der Waals surface area contributed by atoms with E-state index in [0.717, 1.165) is 18.2 Å². The first kappa shape index (κ1) is 26.2. The van der Waals surface area contributed by atoms with Crippen LogP contribution < -0.4 is 16.0 Å². The Bertz CT molecular complexity index is 772. The first-order valence-electron chi connectivity index (χ1n) is 10.9. The topological polar surface area (TPSA) is 99.7 Å². The van der Waals surface area contributed by atoms with Crippen molar-refractivity contribution in [1.29, 1.82) is 0 Å². The lowest BCUT2D eigenvalue weighted by atomic mass is 9.87. The summed E-state index contributed by atoms with van der Waals surface area (Å²) in [5.74, 6) is -2.00. The largest absolute Gasteiger partial charge is 0.390 e. The molecule has 7 nitrogen and oxygen atoms in total. The molecule has 1 aromatic carbocycles. The molecule has 180 valence electrons. The molecule has 1 aliphatic rings. The molecular formula is C23H35F2N3O4. The van der Waals surface area contributed by atoms with Gasteiger partial charge in [-0.25, -0.2) is 8.78 Å². The Kier molecular flexibility index (Phi) is 9.12. The monoisotopic (exact) mass is 455 g/mol. The predicted molar refractivity (Wildman–Crippen MR) is 117 cm³/mol. The zero-order chi connectivity index (χ0) is 23.9. The molecule has 1 heterocycles. The molecule has 2 atom stereocenters. The molecule has 2 rings (SSSR count). The van der Waals surface area contributed by atoms with Crippen LogP contribution in [-0.4, -0.2) is 60.9 Å². The van der Waals surface area contributed by atoms with Crippen LogP contribution in [0.4, 0.5) is 8.78 Å². The number of halogens is 2. The Morgan fingerprint density at radius 2 is 1.75 bits per heavy atom. The van der Waals surface area contributed by atoms with Gasteiger partial charge < -0.3 is 25.8 Å². The summed E-state index contributed by atoms with van der Waals surface area (Å²) in [6.45, 7) is 8.69. The number of aliphatic hydroxyl groups is 1. The Morgan fingerprint density at radius 3 is 2.28 bits per heavy atom. The van der Waals surface area contributed by atoms with Crippen LogP contribution in [0.2, 0.25) is 0 Å². The first-order valence-corrected chi connectivity index (χ1v) is 10.9. The average Bonchev–Trinajstić information content (AvgIpc) is 2.68. The average molecular weight is 456 g/mol. The Labute approximate surface area is 188 Å². The summed E-state index contributed by atoms with van der Waals surface area (Å²) in [5.41, 5.74) is -0.682. The second-order valence-corrected chi connectivity index (χ2v) is 9.67. The molecule has 1 aliphatic heterocycles. The number of hydrogen-bond donors (Lipinski definition) is 4. The predicted octanol–water partition coefficient (Wildman–Crippen LogP) is 1.67. The van der Waals surface area contributed by atoms with E-state index in [2.05, 4.69) is 16.0 Å². The highest BCUT2D eigenvalue weighted by Gasteiger charge is 2.40. The van der Waals surface area contributed by atoms with Crippen LogP contribution in [0.15, 0.2) is 18.2 Å². The van der Waals surface area contributed by atoms with Crippen molar-refractivity contribution >= 4 is 11.8 Å². The molecule has 0 saturated carbocycles. The number of amides is 2. The number of ether oxygens (including phenoxy) is 1. The van der Waals surface area contributed by atoms with Gasteiger partial charge in [-0.05, 0) is 42.4 Å². The van der Waals surface area contributed by atoms with Crippen molar-refractivity contribution in [1.82, 2.24) is 16.0 Å². The van der Waals surface area contributed by atoms with Crippen LogP contribution in [0.5, 0.6) is 0 Å². The van der Waals surface area contributed by atoms with E-state index in [4.69, 9.17) is 4.74 Å². The number of nitrogens with one attached hydrogen (secondary N) is 3. The molecule has 9 heteroatoms. The van der Waals surface area contributed by atoms with E-state index in [0.29, 0.717) is 38.2 Å². The summed E-state index contributed by atoms with van der Waals surface area (Å²) in [4.78, 5) is 24.7. The fourth-order valence-corrected chi connectivity index (χ4v) is 3.69. The summed E-state index contributed by atoms with van der Waals surface area (Å²) in [5, 5.41) is 19.6. The maximum Gasteiger partial charge on any atom is 0.240 e.